The molecule has 2 amide bonds. The van der Waals surface area contributed by atoms with Crippen molar-refractivity contribution in [2.45, 2.75) is 18.5 Å². The Kier molecular flexibility index (Phi) is 6.55. The molecule has 2 atom stereocenters. The van der Waals surface area contributed by atoms with E-state index in [0.29, 0.717) is 18.4 Å². The number of ether oxygens (including phenoxy) is 2. The number of primary amides is 1. The first kappa shape index (κ1) is 23.9. The smallest absolute Gasteiger partial charge is 0.405 e. The van der Waals surface area contributed by atoms with E-state index < -0.39 is 35.7 Å². The lowest BCUT2D eigenvalue weighted by molar-refractivity contribution is 0.0625. The van der Waals surface area contributed by atoms with Gasteiger partial charge < -0.3 is 36.3 Å². The maximum Gasteiger partial charge on any atom is 0.405 e. The Hall–Kier alpha value is -4.20. The van der Waals surface area contributed by atoms with E-state index in [2.05, 4.69) is 26.0 Å². The number of nitrogens with zero attached hydrogens (tertiary/aromatic N) is 3. The molecule has 35 heavy (non-hydrogen) atoms. The molecule has 1 aromatic carbocycles. The molecule has 1 saturated heterocycles. The van der Waals surface area contributed by atoms with Gasteiger partial charge in [-0.1, -0.05) is 0 Å². The number of hydrogen-bond donors (Lipinski definition) is 5. The van der Waals surface area contributed by atoms with E-state index in [-0.39, 0.29) is 40.9 Å². The van der Waals surface area contributed by atoms with Crippen LogP contribution in [-0.2, 0) is 11.8 Å². The molecule has 1 aliphatic heterocycles. The predicted molar refractivity (Wildman–Crippen MR) is 121 cm³/mol. The van der Waals surface area contributed by atoms with Gasteiger partial charge >= 0.3 is 6.09 Å². The van der Waals surface area contributed by atoms with Crippen LogP contribution in [0.5, 0.6) is 5.88 Å². The minimum atomic E-state index is -1.25. The van der Waals surface area contributed by atoms with Crippen LogP contribution in [0.4, 0.5) is 30.9 Å². The minimum Gasteiger partial charge on any atom is -0.479 e. The number of anilines is 3. The van der Waals surface area contributed by atoms with Gasteiger partial charge in [-0.2, -0.15) is 0 Å². The molecule has 0 saturated carbocycles. The van der Waals surface area contributed by atoms with Crippen LogP contribution < -0.4 is 26.4 Å². The monoisotopic (exact) mass is 491 g/mol. The maximum absolute atomic E-state index is 14.8. The van der Waals surface area contributed by atoms with Crippen molar-refractivity contribution in [3.05, 3.63) is 35.4 Å². The van der Waals surface area contributed by atoms with Gasteiger partial charge in [0.25, 0.3) is 5.91 Å². The molecule has 0 aliphatic carbocycles. The van der Waals surface area contributed by atoms with E-state index in [4.69, 9.17) is 20.3 Å². The first-order valence-corrected chi connectivity index (χ1v) is 10.5. The average molecular weight is 491 g/mol. The summed E-state index contributed by atoms with van der Waals surface area (Å²) >= 11 is 0. The van der Waals surface area contributed by atoms with E-state index in [1.807, 2.05) is 0 Å². The molecule has 1 fully saturated rings. The number of fused-ring (bicyclic) bond motifs is 1. The molecule has 0 bridgehead atoms. The van der Waals surface area contributed by atoms with Crippen LogP contribution >= 0.6 is 0 Å². The van der Waals surface area contributed by atoms with Crippen LogP contribution in [0, 0.1) is 11.6 Å². The normalized spacial score (nSPS) is 17.7. The zero-order valence-corrected chi connectivity index (χ0v) is 18.8. The first-order chi connectivity index (χ1) is 16.7. The van der Waals surface area contributed by atoms with Crippen molar-refractivity contribution >= 4 is 40.2 Å². The zero-order valence-electron chi connectivity index (χ0n) is 18.8. The highest BCUT2D eigenvalue weighted by Gasteiger charge is 2.29. The third-order valence-corrected chi connectivity index (χ3v) is 5.54. The summed E-state index contributed by atoms with van der Waals surface area (Å²) in [5.74, 6) is -2.64. The minimum absolute atomic E-state index is 0.0856. The molecule has 3 aromatic rings. The van der Waals surface area contributed by atoms with E-state index in [0.717, 1.165) is 12.1 Å². The molecule has 4 rings (SSSR count). The fourth-order valence-corrected chi connectivity index (χ4v) is 3.95. The third kappa shape index (κ3) is 4.87. The number of nitrogens with two attached hydrogens (primary N) is 1. The molecule has 12 nitrogen and oxygen atoms in total. The number of benzene rings is 1. The first-order valence-electron chi connectivity index (χ1n) is 10.5. The van der Waals surface area contributed by atoms with Crippen molar-refractivity contribution in [1.82, 2.24) is 20.1 Å². The zero-order chi connectivity index (χ0) is 25.3. The van der Waals surface area contributed by atoms with Crippen LogP contribution in [-0.4, -0.2) is 64.3 Å². The Bertz CT molecular complexity index is 1300. The Morgan fingerprint density at radius 3 is 2.69 bits per heavy atom. The topological polar surface area (TPSA) is 166 Å². The Morgan fingerprint density at radius 2 is 2.00 bits per heavy atom. The number of nitrogens with one attached hydrogen (secondary N) is 3. The molecule has 3 heterocycles. The summed E-state index contributed by atoms with van der Waals surface area (Å²) in [6.07, 6.45) is -0.884. The number of aromatic nitrogens is 3. The lowest BCUT2D eigenvalue weighted by Crippen LogP contribution is -2.52. The van der Waals surface area contributed by atoms with Gasteiger partial charge in [0.2, 0.25) is 5.88 Å². The number of methoxy groups -OCH3 is 1. The molecule has 0 spiro atoms. The number of amides is 2. The molecule has 0 radical (unpaired) electrons. The Balaban J connectivity index is 1.70. The Morgan fingerprint density at radius 1 is 1.23 bits per heavy atom. The number of rotatable bonds is 7. The van der Waals surface area contributed by atoms with E-state index in [1.54, 1.807) is 13.1 Å². The second-order valence-corrected chi connectivity index (χ2v) is 7.86. The third-order valence-electron chi connectivity index (χ3n) is 5.54. The summed E-state index contributed by atoms with van der Waals surface area (Å²) in [6.45, 7) is 0.413. The SMILES string of the molecule is COc1nn(C)c2c(F)cc(Nc3nc(N[C@@H]4CCOC[C@@H]4NC(=O)O)c(F)cc3C(N)=O)cc12. The summed E-state index contributed by atoms with van der Waals surface area (Å²) in [5.41, 5.74) is 5.54. The van der Waals surface area contributed by atoms with Gasteiger partial charge in [0.15, 0.2) is 17.5 Å². The molecule has 14 heteroatoms. The highest BCUT2D eigenvalue weighted by Crippen LogP contribution is 2.32. The van der Waals surface area contributed by atoms with Crippen molar-refractivity contribution in [2.24, 2.45) is 12.8 Å². The molecule has 186 valence electrons. The average Bonchev–Trinajstić information content (AvgIpc) is 3.12. The lowest BCUT2D eigenvalue weighted by Gasteiger charge is -2.32. The number of carboxylic acid groups (broad SMARTS) is 1. The van der Waals surface area contributed by atoms with Crippen LogP contribution in [0.15, 0.2) is 18.2 Å². The van der Waals surface area contributed by atoms with Crippen molar-refractivity contribution in [1.29, 1.82) is 0 Å². The fraction of sp³-hybridized carbons (Fsp3) is 0.333. The van der Waals surface area contributed by atoms with Gasteiger partial charge in [0, 0.05) is 19.3 Å². The second-order valence-electron chi connectivity index (χ2n) is 7.86. The molecule has 6 N–H and O–H groups in total. The van der Waals surface area contributed by atoms with E-state index >= 15 is 0 Å². The van der Waals surface area contributed by atoms with Crippen molar-refractivity contribution in [3.63, 3.8) is 0 Å². The summed E-state index contributed by atoms with van der Waals surface area (Å²) in [5, 5.41) is 21.5. The fourth-order valence-electron chi connectivity index (χ4n) is 3.95. The maximum atomic E-state index is 14.8. The van der Waals surface area contributed by atoms with Crippen LogP contribution in [0.2, 0.25) is 0 Å². The highest BCUT2D eigenvalue weighted by atomic mass is 19.1. The van der Waals surface area contributed by atoms with Crippen molar-refractivity contribution in [2.75, 3.05) is 31.0 Å². The molecule has 0 unspecified atom stereocenters. The largest absolute Gasteiger partial charge is 0.479 e. The van der Waals surface area contributed by atoms with Gasteiger partial charge in [-0.3, -0.25) is 9.48 Å². The van der Waals surface area contributed by atoms with Crippen LogP contribution in [0.1, 0.15) is 16.8 Å². The summed E-state index contributed by atoms with van der Waals surface area (Å²) in [4.78, 5) is 27.2. The number of halogens is 2. The van der Waals surface area contributed by atoms with Crippen LogP contribution in [0.25, 0.3) is 10.9 Å². The van der Waals surface area contributed by atoms with E-state index in [9.17, 15) is 18.4 Å². The molecule has 1 aliphatic rings. The number of carbonyl (C=O) groups is 2. The van der Waals surface area contributed by atoms with Gasteiger partial charge in [0.1, 0.15) is 11.3 Å². The molecular formula is C21H23F2N7O5. The van der Waals surface area contributed by atoms with Gasteiger partial charge in [-0.15, -0.1) is 5.10 Å². The van der Waals surface area contributed by atoms with Crippen LogP contribution in [0.3, 0.4) is 0 Å². The van der Waals surface area contributed by atoms with Gasteiger partial charge in [-0.05, 0) is 24.6 Å². The second kappa shape index (κ2) is 9.58. The van der Waals surface area contributed by atoms with Crippen molar-refractivity contribution < 1.29 is 33.0 Å². The molecular weight excluding hydrogens is 468 g/mol. The number of pyridine rings is 1. The number of carbonyl (C=O) groups excluding carboxylic acids is 1. The number of hydrogen-bond acceptors (Lipinski definition) is 8. The summed E-state index contributed by atoms with van der Waals surface area (Å²) in [6, 6.07) is 2.40. The number of aryl methyl sites for hydroxylation is 1. The highest BCUT2D eigenvalue weighted by molar-refractivity contribution is 5.99. The summed E-state index contributed by atoms with van der Waals surface area (Å²) in [7, 11) is 2.96. The molecule has 2 aromatic heterocycles. The van der Waals surface area contributed by atoms with E-state index in [1.165, 1.54) is 11.8 Å². The van der Waals surface area contributed by atoms with Crippen molar-refractivity contribution in [3.8, 4) is 5.88 Å². The van der Waals surface area contributed by atoms with Gasteiger partial charge in [0.05, 0.1) is 36.8 Å². The quantitative estimate of drug-likeness (QED) is 0.332. The van der Waals surface area contributed by atoms with Gasteiger partial charge in [-0.25, -0.2) is 18.6 Å². The lowest BCUT2D eigenvalue weighted by atomic mass is 10.0. The standard InChI is InChI=1S/C21H23F2N7O5/c1-30-16-10(20(29-30)34-2)5-9(6-12(16)22)25-18-11(17(24)31)7-13(23)19(28-18)26-14-3-4-35-8-15(14)27-21(32)33/h5-7,14-15,27H,3-4,8H2,1-2H3,(H2,24,31)(H,32,33)(H2,25,26,28)/t14-,15+/m1/s1. The Labute approximate surface area is 197 Å². The summed E-state index contributed by atoms with van der Waals surface area (Å²) < 4.78 is 41.5. The predicted octanol–water partition coefficient (Wildman–Crippen LogP) is 1.93.